The third kappa shape index (κ3) is 4.98. The average Bonchev–Trinajstić information content (AvgIpc) is 2.46. The van der Waals surface area contributed by atoms with Crippen LogP contribution in [0.2, 0.25) is 10.0 Å². The van der Waals surface area contributed by atoms with Crippen LogP contribution >= 0.6 is 23.2 Å². The summed E-state index contributed by atoms with van der Waals surface area (Å²) in [5.74, 6) is -0.659. The lowest BCUT2D eigenvalue weighted by molar-refractivity contribution is -0.115. The fourth-order valence-corrected chi connectivity index (χ4v) is 2.50. The summed E-state index contributed by atoms with van der Waals surface area (Å²) in [6.07, 6.45) is 0. The van der Waals surface area contributed by atoms with E-state index in [1.165, 1.54) is 0 Å². The van der Waals surface area contributed by atoms with E-state index in [2.05, 4.69) is 10.6 Å². The number of amides is 2. The number of nitrogens with one attached hydrogen (secondary N) is 2. The quantitative estimate of drug-likeness (QED) is 0.875. The molecule has 0 spiro atoms. The molecule has 0 heterocycles. The fourth-order valence-electron chi connectivity index (χ4n) is 1.98. The largest absolute Gasteiger partial charge is 0.343 e. The maximum atomic E-state index is 12.0. The molecular formula is C17H16Cl2N2O2. The molecule has 2 amide bonds. The first-order chi connectivity index (χ1) is 10.8. The summed E-state index contributed by atoms with van der Waals surface area (Å²) in [5.41, 5.74) is 3.13. The van der Waals surface area contributed by atoms with Crippen LogP contribution < -0.4 is 10.6 Å². The van der Waals surface area contributed by atoms with E-state index in [1.54, 1.807) is 30.3 Å². The molecule has 2 rings (SSSR count). The number of aryl methyl sites for hydroxylation is 2. The SMILES string of the molecule is Cc1ccc(C(=O)NCC(=O)Nc2cc(Cl)cc(Cl)c2)cc1C. The highest BCUT2D eigenvalue weighted by Crippen LogP contribution is 2.22. The Hall–Kier alpha value is -2.04. The molecule has 0 aliphatic rings. The maximum Gasteiger partial charge on any atom is 0.251 e. The molecule has 0 aromatic heterocycles. The van der Waals surface area contributed by atoms with Crippen LogP contribution in [-0.2, 0) is 4.79 Å². The van der Waals surface area contributed by atoms with Gasteiger partial charge in [-0.05, 0) is 55.3 Å². The zero-order valence-corrected chi connectivity index (χ0v) is 14.3. The van der Waals surface area contributed by atoms with Gasteiger partial charge in [0.1, 0.15) is 0 Å². The molecule has 0 bridgehead atoms. The summed E-state index contributed by atoms with van der Waals surface area (Å²) in [7, 11) is 0. The molecule has 4 nitrogen and oxygen atoms in total. The number of hydrogen-bond donors (Lipinski definition) is 2. The van der Waals surface area contributed by atoms with E-state index in [1.807, 2.05) is 19.9 Å². The van der Waals surface area contributed by atoms with Crippen molar-refractivity contribution in [2.45, 2.75) is 13.8 Å². The standard InChI is InChI=1S/C17H16Cl2N2O2/c1-10-3-4-12(5-11(10)2)17(23)20-9-16(22)21-15-7-13(18)6-14(19)8-15/h3-8H,9H2,1-2H3,(H,20,23)(H,21,22). The lowest BCUT2D eigenvalue weighted by Crippen LogP contribution is -2.32. The van der Waals surface area contributed by atoms with Crippen molar-refractivity contribution in [1.82, 2.24) is 5.32 Å². The number of hydrogen-bond acceptors (Lipinski definition) is 2. The minimum Gasteiger partial charge on any atom is -0.343 e. The Kier molecular flexibility index (Phi) is 5.64. The van der Waals surface area contributed by atoms with Gasteiger partial charge in [-0.3, -0.25) is 9.59 Å². The van der Waals surface area contributed by atoms with Crippen LogP contribution in [0, 0.1) is 13.8 Å². The summed E-state index contributed by atoms with van der Waals surface area (Å²) in [4.78, 5) is 23.9. The van der Waals surface area contributed by atoms with Crippen LogP contribution in [0.1, 0.15) is 21.5 Å². The van der Waals surface area contributed by atoms with Crippen LogP contribution in [0.3, 0.4) is 0 Å². The lowest BCUT2D eigenvalue weighted by atomic mass is 10.1. The van der Waals surface area contributed by atoms with Crippen molar-refractivity contribution in [3.8, 4) is 0 Å². The number of anilines is 1. The van der Waals surface area contributed by atoms with Gasteiger partial charge in [0.15, 0.2) is 0 Å². The first kappa shape index (κ1) is 17.3. The van der Waals surface area contributed by atoms with Gasteiger partial charge in [0.05, 0.1) is 6.54 Å². The molecule has 2 N–H and O–H groups in total. The fraction of sp³-hybridized carbons (Fsp3) is 0.176. The molecule has 0 radical (unpaired) electrons. The van der Waals surface area contributed by atoms with Crippen molar-refractivity contribution in [2.75, 3.05) is 11.9 Å². The summed E-state index contributed by atoms with van der Waals surface area (Å²) in [6, 6.07) is 10.1. The molecule has 0 aliphatic carbocycles. The predicted octanol–water partition coefficient (Wildman–Crippen LogP) is 3.98. The molecule has 0 aliphatic heterocycles. The highest BCUT2D eigenvalue weighted by atomic mass is 35.5. The molecule has 2 aromatic rings. The Morgan fingerprint density at radius 3 is 2.22 bits per heavy atom. The van der Waals surface area contributed by atoms with Crippen molar-refractivity contribution in [3.05, 3.63) is 63.1 Å². The van der Waals surface area contributed by atoms with Crippen molar-refractivity contribution in [1.29, 1.82) is 0 Å². The Labute approximate surface area is 144 Å². The number of carbonyl (C=O) groups is 2. The van der Waals surface area contributed by atoms with Gasteiger partial charge in [-0.2, -0.15) is 0 Å². The predicted molar refractivity (Wildman–Crippen MR) is 93.3 cm³/mol. The molecular weight excluding hydrogens is 335 g/mol. The summed E-state index contributed by atoms with van der Waals surface area (Å²) in [6.45, 7) is 3.76. The minimum atomic E-state index is -0.361. The van der Waals surface area contributed by atoms with Gasteiger partial charge in [-0.15, -0.1) is 0 Å². The molecule has 23 heavy (non-hydrogen) atoms. The van der Waals surface area contributed by atoms with E-state index in [0.29, 0.717) is 21.3 Å². The van der Waals surface area contributed by atoms with Crippen molar-refractivity contribution in [2.24, 2.45) is 0 Å². The summed E-state index contributed by atoms with van der Waals surface area (Å²) >= 11 is 11.7. The molecule has 0 saturated carbocycles. The number of rotatable bonds is 4. The Bertz CT molecular complexity index is 740. The van der Waals surface area contributed by atoms with Gasteiger partial charge in [-0.1, -0.05) is 29.3 Å². The van der Waals surface area contributed by atoms with Crippen LogP contribution in [0.4, 0.5) is 5.69 Å². The third-order valence-electron chi connectivity index (χ3n) is 3.32. The van der Waals surface area contributed by atoms with Gasteiger partial charge < -0.3 is 10.6 Å². The van der Waals surface area contributed by atoms with E-state index in [4.69, 9.17) is 23.2 Å². The summed E-state index contributed by atoms with van der Waals surface area (Å²) < 4.78 is 0. The molecule has 120 valence electrons. The first-order valence-electron chi connectivity index (χ1n) is 6.96. The van der Waals surface area contributed by atoms with Gasteiger partial charge >= 0.3 is 0 Å². The second-order valence-corrected chi connectivity index (χ2v) is 6.06. The van der Waals surface area contributed by atoms with E-state index >= 15 is 0 Å². The zero-order chi connectivity index (χ0) is 17.0. The van der Waals surface area contributed by atoms with Gasteiger partial charge in [0, 0.05) is 21.3 Å². The first-order valence-corrected chi connectivity index (χ1v) is 7.72. The number of benzene rings is 2. The van der Waals surface area contributed by atoms with E-state index in [9.17, 15) is 9.59 Å². The molecule has 0 saturated heterocycles. The average molecular weight is 351 g/mol. The molecule has 0 unspecified atom stereocenters. The van der Waals surface area contributed by atoms with Crippen molar-refractivity contribution >= 4 is 40.7 Å². The van der Waals surface area contributed by atoms with Gasteiger partial charge in [0.2, 0.25) is 5.91 Å². The van der Waals surface area contributed by atoms with Crippen molar-refractivity contribution < 1.29 is 9.59 Å². The van der Waals surface area contributed by atoms with Crippen LogP contribution in [0.15, 0.2) is 36.4 Å². The van der Waals surface area contributed by atoms with Gasteiger partial charge in [0.25, 0.3) is 5.91 Å². The Morgan fingerprint density at radius 1 is 0.957 bits per heavy atom. The van der Waals surface area contributed by atoms with E-state index < -0.39 is 0 Å². The summed E-state index contributed by atoms with van der Waals surface area (Å²) in [5, 5.41) is 6.05. The lowest BCUT2D eigenvalue weighted by Gasteiger charge is -2.09. The molecule has 0 fully saturated rings. The van der Waals surface area contributed by atoms with Crippen molar-refractivity contribution in [3.63, 3.8) is 0 Å². The van der Waals surface area contributed by atoms with Crippen LogP contribution in [0.25, 0.3) is 0 Å². The van der Waals surface area contributed by atoms with E-state index in [-0.39, 0.29) is 18.4 Å². The monoisotopic (exact) mass is 350 g/mol. The van der Waals surface area contributed by atoms with Crippen LogP contribution in [0.5, 0.6) is 0 Å². The highest BCUT2D eigenvalue weighted by molar-refractivity contribution is 6.35. The van der Waals surface area contributed by atoms with E-state index in [0.717, 1.165) is 11.1 Å². The smallest absolute Gasteiger partial charge is 0.251 e. The Morgan fingerprint density at radius 2 is 1.61 bits per heavy atom. The second-order valence-electron chi connectivity index (χ2n) is 5.19. The number of carbonyl (C=O) groups excluding carboxylic acids is 2. The molecule has 2 aromatic carbocycles. The third-order valence-corrected chi connectivity index (χ3v) is 3.76. The van der Waals surface area contributed by atoms with Gasteiger partial charge in [-0.25, -0.2) is 0 Å². The maximum absolute atomic E-state index is 12.0. The highest BCUT2D eigenvalue weighted by Gasteiger charge is 2.09. The topological polar surface area (TPSA) is 58.2 Å². The Balaban J connectivity index is 1.93. The molecule has 0 atom stereocenters. The normalized spacial score (nSPS) is 10.3. The number of halogens is 2. The zero-order valence-electron chi connectivity index (χ0n) is 12.7. The van der Waals surface area contributed by atoms with Crippen LogP contribution in [-0.4, -0.2) is 18.4 Å². The minimum absolute atomic E-state index is 0.143. The molecule has 6 heteroatoms. The second kappa shape index (κ2) is 7.49.